The van der Waals surface area contributed by atoms with Crippen LogP contribution in [-0.4, -0.2) is 25.4 Å². The van der Waals surface area contributed by atoms with E-state index in [0.717, 1.165) is 48.5 Å². The van der Waals surface area contributed by atoms with Crippen molar-refractivity contribution in [1.82, 2.24) is 19.3 Å². The van der Waals surface area contributed by atoms with Crippen LogP contribution in [-0.2, 0) is 19.4 Å². The molecule has 28 heavy (non-hydrogen) atoms. The van der Waals surface area contributed by atoms with E-state index in [2.05, 4.69) is 20.7 Å². The van der Waals surface area contributed by atoms with Crippen molar-refractivity contribution in [1.29, 1.82) is 0 Å². The van der Waals surface area contributed by atoms with Crippen molar-refractivity contribution in [2.75, 3.05) is 10.6 Å². The Bertz CT molecular complexity index is 1020. The number of nitrogens with one attached hydrogen (secondary N) is 2. The average Bonchev–Trinajstić information content (AvgIpc) is 3.25. The molecule has 146 valence electrons. The zero-order valence-corrected chi connectivity index (χ0v) is 16.0. The number of amides is 2. The maximum atomic E-state index is 14.5. The largest absolute Gasteiger partial charge is 0.324 e. The monoisotopic (exact) mass is 382 g/mol. The molecule has 0 atom stereocenters. The van der Waals surface area contributed by atoms with Gasteiger partial charge in [0.25, 0.3) is 0 Å². The van der Waals surface area contributed by atoms with Crippen LogP contribution in [0.3, 0.4) is 0 Å². The molecule has 0 bridgehead atoms. The Labute approximate surface area is 162 Å². The van der Waals surface area contributed by atoms with E-state index in [-0.39, 0.29) is 0 Å². The Balaban J connectivity index is 1.50. The van der Waals surface area contributed by atoms with Gasteiger partial charge >= 0.3 is 6.03 Å². The fraction of sp³-hybridized carbons (Fsp3) is 0.350. The molecule has 0 fully saturated rings. The third kappa shape index (κ3) is 3.49. The third-order valence-electron chi connectivity index (χ3n) is 4.95. The van der Waals surface area contributed by atoms with Crippen molar-refractivity contribution in [2.24, 2.45) is 0 Å². The van der Waals surface area contributed by atoms with Gasteiger partial charge in [0.1, 0.15) is 11.6 Å². The van der Waals surface area contributed by atoms with Gasteiger partial charge in [0.15, 0.2) is 0 Å². The molecule has 2 heterocycles. The van der Waals surface area contributed by atoms with E-state index in [1.54, 1.807) is 29.2 Å². The fourth-order valence-electron chi connectivity index (χ4n) is 3.59. The van der Waals surface area contributed by atoms with Crippen LogP contribution in [0.2, 0.25) is 0 Å². The number of halogens is 1. The van der Waals surface area contributed by atoms with Crippen LogP contribution in [0.4, 0.5) is 20.7 Å². The van der Waals surface area contributed by atoms with Crippen molar-refractivity contribution in [3.8, 4) is 5.69 Å². The van der Waals surface area contributed by atoms with Gasteiger partial charge in [0.05, 0.1) is 23.4 Å². The van der Waals surface area contributed by atoms with Crippen LogP contribution in [0.15, 0.2) is 30.7 Å². The van der Waals surface area contributed by atoms with E-state index >= 15 is 0 Å². The summed E-state index contributed by atoms with van der Waals surface area (Å²) in [5.74, 6) is 0.298. The van der Waals surface area contributed by atoms with Crippen LogP contribution >= 0.6 is 0 Å². The lowest BCUT2D eigenvalue weighted by atomic mass is 9.97. The van der Waals surface area contributed by atoms with Gasteiger partial charge in [-0.25, -0.2) is 18.9 Å². The second-order valence-corrected chi connectivity index (χ2v) is 6.96. The number of anilines is 2. The second-order valence-electron chi connectivity index (χ2n) is 6.96. The van der Waals surface area contributed by atoms with Gasteiger partial charge in [-0.05, 0) is 57.7 Å². The molecule has 1 aliphatic rings. The molecule has 0 aliphatic heterocycles. The summed E-state index contributed by atoms with van der Waals surface area (Å²) in [7, 11) is 0. The molecule has 7 nitrogen and oxygen atoms in total. The van der Waals surface area contributed by atoms with Crippen LogP contribution < -0.4 is 10.6 Å². The summed E-state index contributed by atoms with van der Waals surface area (Å²) in [6.45, 7) is 4.51. The van der Waals surface area contributed by atoms with Crippen molar-refractivity contribution in [2.45, 2.75) is 46.1 Å². The number of benzene rings is 1. The minimum atomic E-state index is -0.439. The van der Waals surface area contributed by atoms with E-state index in [9.17, 15) is 9.18 Å². The van der Waals surface area contributed by atoms with Crippen molar-refractivity contribution in [3.05, 3.63) is 53.5 Å². The van der Waals surface area contributed by atoms with E-state index in [0.29, 0.717) is 17.9 Å². The zero-order valence-electron chi connectivity index (χ0n) is 16.0. The lowest BCUT2D eigenvalue weighted by Gasteiger charge is -2.14. The highest BCUT2D eigenvalue weighted by Crippen LogP contribution is 2.28. The molecule has 1 aromatic carbocycles. The van der Waals surface area contributed by atoms with Crippen LogP contribution in [0.5, 0.6) is 0 Å². The quantitative estimate of drug-likeness (QED) is 0.714. The van der Waals surface area contributed by atoms with Crippen molar-refractivity contribution >= 4 is 17.5 Å². The molecule has 0 radical (unpaired) electrons. The molecule has 8 heteroatoms. The summed E-state index contributed by atoms with van der Waals surface area (Å²) < 4.78 is 17.9. The summed E-state index contributed by atoms with van der Waals surface area (Å²) >= 11 is 0. The summed E-state index contributed by atoms with van der Waals surface area (Å²) in [6, 6.07) is 4.18. The highest BCUT2D eigenvalue weighted by atomic mass is 19.1. The molecular formula is C20H23FN6O. The van der Waals surface area contributed by atoms with E-state index < -0.39 is 11.8 Å². The molecule has 4 rings (SSSR count). The standard InChI is InChI=1S/C20H23FN6O/c1-3-27-19(15-6-4-5-7-17(15)25-27)24-20(28)23-14-8-9-18(16(21)10-14)26-11-13(2)22-12-26/h8-12H,3-7H2,1-2H3,(H2,23,24,28). The Kier molecular flexibility index (Phi) is 4.85. The number of fused-ring (bicyclic) bond motifs is 1. The molecule has 0 unspecified atom stereocenters. The molecule has 0 spiro atoms. The van der Waals surface area contributed by atoms with Gasteiger partial charge in [0, 0.05) is 24.0 Å². The number of rotatable bonds is 4. The second kappa shape index (κ2) is 7.46. The Morgan fingerprint density at radius 3 is 2.79 bits per heavy atom. The molecular weight excluding hydrogens is 359 g/mol. The minimum absolute atomic E-state index is 0.379. The molecule has 1 aliphatic carbocycles. The van der Waals surface area contributed by atoms with E-state index in [1.807, 2.05) is 18.5 Å². The van der Waals surface area contributed by atoms with Crippen LogP contribution in [0.1, 0.15) is 36.7 Å². The highest BCUT2D eigenvalue weighted by Gasteiger charge is 2.21. The van der Waals surface area contributed by atoms with E-state index in [1.165, 1.54) is 6.07 Å². The van der Waals surface area contributed by atoms with Gasteiger partial charge in [-0.2, -0.15) is 5.10 Å². The first kappa shape index (κ1) is 18.2. The third-order valence-corrected chi connectivity index (χ3v) is 4.95. The number of hydrogen-bond donors (Lipinski definition) is 2. The smallest absolute Gasteiger partial charge is 0.308 e. The molecule has 0 saturated heterocycles. The molecule has 2 N–H and O–H groups in total. The Morgan fingerprint density at radius 1 is 1.25 bits per heavy atom. The summed E-state index contributed by atoms with van der Waals surface area (Å²) in [5.41, 5.74) is 3.74. The summed E-state index contributed by atoms with van der Waals surface area (Å²) in [4.78, 5) is 16.6. The first-order valence-electron chi connectivity index (χ1n) is 9.52. The number of nitrogens with zero attached hydrogens (tertiary/aromatic N) is 4. The topological polar surface area (TPSA) is 76.8 Å². The van der Waals surface area contributed by atoms with Gasteiger partial charge in [0.2, 0.25) is 0 Å². The predicted octanol–water partition coefficient (Wildman–Crippen LogP) is 4.06. The maximum absolute atomic E-state index is 14.5. The highest BCUT2D eigenvalue weighted by molar-refractivity contribution is 5.99. The number of imidazole rings is 1. The maximum Gasteiger partial charge on any atom is 0.324 e. The lowest BCUT2D eigenvalue weighted by Crippen LogP contribution is -2.22. The summed E-state index contributed by atoms with van der Waals surface area (Å²) in [5, 5.41) is 10.2. The van der Waals surface area contributed by atoms with Crippen LogP contribution in [0.25, 0.3) is 5.69 Å². The SMILES string of the molecule is CCn1nc2c(c1NC(=O)Nc1ccc(-n3cnc(C)c3)c(F)c1)CCCC2. The number of carbonyl (C=O) groups excluding carboxylic acids is 1. The van der Waals surface area contributed by atoms with Crippen molar-refractivity contribution < 1.29 is 9.18 Å². The fourth-order valence-corrected chi connectivity index (χ4v) is 3.59. The minimum Gasteiger partial charge on any atom is -0.308 e. The van der Waals surface area contributed by atoms with Gasteiger partial charge in [-0.1, -0.05) is 0 Å². The molecule has 3 aromatic rings. The first-order valence-corrected chi connectivity index (χ1v) is 9.52. The Morgan fingerprint density at radius 2 is 2.07 bits per heavy atom. The Hall–Kier alpha value is -3.16. The number of aromatic nitrogens is 4. The lowest BCUT2D eigenvalue weighted by molar-refractivity contribution is 0.262. The number of hydrogen-bond acceptors (Lipinski definition) is 3. The number of urea groups is 1. The number of aryl methyl sites for hydroxylation is 3. The van der Waals surface area contributed by atoms with Crippen LogP contribution in [0, 0.1) is 12.7 Å². The van der Waals surface area contributed by atoms with Crippen molar-refractivity contribution in [3.63, 3.8) is 0 Å². The average molecular weight is 382 g/mol. The molecule has 2 amide bonds. The first-order chi connectivity index (χ1) is 13.5. The molecule has 0 saturated carbocycles. The van der Waals surface area contributed by atoms with Gasteiger partial charge < -0.3 is 9.88 Å². The van der Waals surface area contributed by atoms with Gasteiger partial charge in [-0.3, -0.25) is 5.32 Å². The summed E-state index contributed by atoms with van der Waals surface area (Å²) in [6.07, 6.45) is 7.38. The number of carbonyl (C=O) groups is 1. The van der Waals surface area contributed by atoms with E-state index in [4.69, 9.17) is 0 Å². The molecule has 2 aromatic heterocycles. The predicted molar refractivity (Wildman–Crippen MR) is 105 cm³/mol. The normalized spacial score (nSPS) is 13.2. The van der Waals surface area contributed by atoms with Gasteiger partial charge in [-0.15, -0.1) is 0 Å². The zero-order chi connectivity index (χ0) is 19.7.